The standard InChI is InChI=1S/C15H20N2O/c1-3-10-17-12-14(11-16-17)15(18,4-2)13-8-6-5-7-9-13/h5-9,11-12,18H,3-4,10H2,1-2H3. The van der Waals surface area contributed by atoms with E-state index in [-0.39, 0.29) is 0 Å². The van der Waals surface area contributed by atoms with Gasteiger partial charge >= 0.3 is 0 Å². The molecule has 1 aromatic heterocycles. The Morgan fingerprint density at radius 3 is 2.50 bits per heavy atom. The minimum atomic E-state index is -0.937. The molecule has 0 saturated heterocycles. The molecule has 1 N–H and O–H groups in total. The van der Waals surface area contributed by atoms with Crippen LogP contribution in [-0.4, -0.2) is 14.9 Å². The third kappa shape index (κ3) is 2.31. The van der Waals surface area contributed by atoms with Crippen LogP contribution in [0, 0.1) is 0 Å². The first-order valence-electron chi connectivity index (χ1n) is 6.51. The summed E-state index contributed by atoms with van der Waals surface area (Å²) >= 11 is 0. The third-order valence-electron chi connectivity index (χ3n) is 3.33. The zero-order chi connectivity index (χ0) is 13.0. The molecule has 0 spiro atoms. The van der Waals surface area contributed by atoms with Crippen molar-refractivity contribution < 1.29 is 5.11 Å². The van der Waals surface area contributed by atoms with Gasteiger partial charge < -0.3 is 5.11 Å². The molecule has 1 atom stereocenters. The van der Waals surface area contributed by atoms with Crippen molar-refractivity contribution in [1.29, 1.82) is 0 Å². The molecule has 0 amide bonds. The fourth-order valence-corrected chi connectivity index (χ4v) is 2.22. The van der Waals surface area contributed by atoms with Gasteiger partial charge in [-0.15, -0.1) is 0 Å². The van der Waals surface area contributed by atoms with E-state index in [1.807, 2.05) is 48.1 Å². The molecule has 0 aliphatic rings. The van der Waals surface area contributed by atoms with Gasteiger partial charge in [-0.2, -0.15) is 5.10 Å². The molecular formula is C15H20N2O. The lowest BCUT2D eigenvalue weighted by atomic mass is 9.86. The quantitative estimate of drug-likeness (QED) is 0.878. The molecular weight excluding hydrogens is 224 g/mol. The monoisotopic (exact) mass is 244 g/mol. The Balaban J connectivity index is 2.37. The Morgan fingerprint density at radius 2 is 1.89 bits per heavy atom. The van der Waals surface area contributed by atoms with Gasteiger partial charge in [0.1, 0.15) is 5.60 Å². The van der Waals surface area contributed by atoms with Crippen molar-refractivity contribution in [3.05, 3.63) is 53.9 Å². The number of nitrogens with zero attached hydrogens (tertiary/aromatic N) is 2. The molecule has 0 aliphatic carbocycles. The highest BCUT2D eigenvalue weighted by molar-refractivity contribution is 5.33. The zero-order valence-corrected chi connectivity index (χ0v) is 11.0. The Labute approximate surface area is 108 Å². The average Bonchev–Trinajstić information content (AvgIpc) is 2.88. The van der Waals surface area contributed by atoms with Crippen molar-refractivity contribution in [2.75, 3.05) is 0 Å². The lowest BCUT2D eigenvalue weighted by Gasteiger charge is -2.26. The maximum Gasteiger partial charge on any atom is 0.117 e. The fourth-order valence-electron chi connectivity index (χ4n) is 2.22. The number of hydrogen-bond acceptors (Lipinski definition) is 2. The van der Waals surface area contributed by atoms with Gasteiger partial charge in [-0.25, -0.2) is 0 Å². The van der Waals surface area contributed by atoms with Crippen molar-refractivity contribution in [2.45, 2.75) is 38.8 Å². The second kappa shape index (κ2) is 5.36. The van der Waals surface area contributed by atoms with Crippen LogP contribution in [0.1, 0.15) is 37.8 Å². The molecule has 0 saturated carbocycles. The minimum Gasteiger partial charge on any atom is -0.380 e. The average molecular weight is 244 g/mol. The number of aryl methyl sites for hydroxylation is 1. The van der Waals surface area contributed by atoms with Crippen molar-refractivity contribution >= 4 is 0 Å². The summed E-state index contributed by atoms with van der Waals surface area (Å²) in [5, 5.41) is 15.2. The predicted octanol–water partition coefficient (Wildman–Crippen LogP) is 2.94. The van der Waals surface area contributed by atoms with Crippen LogP contribution in [0.4, 0.5) is 0 Å². The first-order valence-corrected chi connectivity index (χ1v) is 6.51. The van der Waals surface area contributed by atoms with Crippen molar-refractivity contribution in [3.8, 4) is 0 Å². The molecule has 1 aromatic carbocycles. The smallest absolute Gasteiger partial charge is 0.117 e. The maximum absolute atomic E-state index is 10.9. The van der Waals surface area contributed by atoms with E-state index in [0.717, 1.165) is 24.1 Å². The van der Waals surface area contributed by atoms with Crippen LogP contribution in [-0.2, 0) is 12.1 Å². The molecule has 18 heavy (non-hydrogen) atoms. The second-order valence-corrected chi connectivity index (χ2v) is 4.57. The third-order valence-corrected chi connectivity index (χ3v) is 3.33. The SMILES string of the molecule is CCCn1cc(C(O)(CC)c2ccccc2)cn1. The van der Waals surface area contributed by atoms with Crippen LogP contribution in [0.5, 0.6) is 0 Å². The number of benzene rings is 1. The molecule has 96 valence electrons. The van der Waals surface area contributed by atoms with E-state index in [1.165, 1.54) is 0 Å². The van der Waals surface area contributed by atoms with E-state index >= 15 is 0 Å². The molecule has 3 nitrogen and oxygen atoms in total. The summed E-state index contributed by atoms with van der Waals surface area (Å²) in [5.74, 6) is 0. The molecule has 0 bridgehead atoms. The van der Waals surface area contributed by atoms with Crippen LogP contribution >= 0.6 is 0 Å². The Kier molecular flexibility index (Phi) is 3.82. The molecule has 1 unspecified atom stereocenters. The van der Waals surface area contributed by atoms with Crippen molar-refractivity contribution in [2.24, 2.45) is 0 Å². The van der Waals surface area contributed by atoms with Crippen LogP contribution in [0.2, 0.25) is 0 Å². The molecule has 0 aliphatic heterocycles. The van der Waals surface area contributed by atoms with Gasteiger partial charge in [0, 0.05) is 18.3 Å². The van der Waals surface area contributed by atoms with Gasteiger partial charge in [0.15, 0.2) is 0 Å². The normalized spacial score (nSPS) is 14.4. The highest BCUT2D eigenvalue weighted by atomic mass is 16.3. The largest absolute Gasteiger partial charge is 0.380 e. The van der Waals surface area contributed by atoms with Gasteiger partial charge in [-0.1, -0.05) is 44.2 Å². The first kappa shape index (κ1) is 12.8. The molecule has 3 heteroatoms. The lowest BCUT2D eigenvalue weighted by molar-refractivity contribution is 0.0764. The van der Waals surface area contributed by atoms with E-state index in [4.69, 9.17) is 0 Å². The van der Waals surface area contributed by atoms with Crippen LogP contribution in [0.15, 0.2) is 42.7 Å². The van der Waals surface area contributed by atoms with E-state index in [0.29, 0.717) is 6.42 Å². The van der Waals surface area contributed by atoms with Gasteiger partial charge in [0.2, 0.25) is 0 Å². The van der Waals surface area contributed by atoms with Gasteiger partial charge in [0.05, 0.1) is 6.20 Å². The molecule has 2 rings (SSSR count). The summed E-state index contributed by atoms with van der Waals surface area (Å²) in [7, 11) is 0. The van der Waals surface area contributed by atoms with Crippen molar-refractivity contribution in [1.82, 2.24) is 9.78 Å². The van der Waals surface area contributed by atoms with E-state index < -0.39 is 5.60 Å². The maximum atomic E-state index is 10.9. The lowest BCUT2D eigenvalue weighted by Crippen LogP contribution is -2.25. The molecule has 0 radical (unpaired) electrons. The molecule has 1 heterocycles. The Morgan fingerprint density at radius 1 is 1.17 bits per heavy atom. The van der Waals surface area contributed by atoms with Crippen LogP contribution < -0.4 is 0 Å². The minimum absolute atomic E-state index is 0.634. The van der Waals surface area contributed by atoms with Gasteiger partial charge in [-0.05, 0) is 18.4 Å². The Bertz CT molecular complexity index is 492. The topological polar surface area (TPSA) is 38.0 Å². The number of rotatable bonds is 5. The number of hydrogen-bond donors (Lipinski definition) is 1. The highest BCUT2D eigenvalue weighted by Crippen LogP contribution is 2.32. The second-order valence-electron chi connectivity index (χ2n) is 4.57. The fraction of sp³-hybridized carbons (Fsp3) is 0.400. The van der Waals surface area contributed by atoms with E-state index in [2.05, 4.69) is 12.0 Å². The summed E-state index contributed by atoms with van der Waals surface area (Å²) < 4.78 is 1.89. The number of aliphatic hydroxyl groups is 1. The van der Waals surface area contributed by atoms with Gasteiger partial charge in [-0.3, -0.25) is 4.68 Å². The number of aromatic nitrogens is 2. The molecule has 2 aromatic rings. The van der Waals surface area contributed by atoms with Gasteiger partial charge in [0.25, 0.3) is 0 Å². The first-order chi connectivity index (χ1) is 8.70. The summed E-state index contributed by atoms with van der Waals surface area (Å²) in [6, 6.07) is 9.78. The van der Waals surface area contributed by atoms with Crippen LogP contribution in [0.3, 0.4) is 0 Å². The zero-order valence-electron chi connectivity index (χ0n) is 11.0. The summed E-state index contributed by atoms with van der Waals surface area (Å²) in [5.41, 5.74) is 0.848. The van der Waals surface area contributed by atoms with E-state index in [9.17, 15) is 5.11 Å². The van der Waals surface area contributed by atoms with Crippen molar-refractivity contribution in [3.63, 3.8) is 0 Å². The van der Waals surface area contributed by atoms with Crippen LogP contribution in [0.25, 0.3) is 0 Å². The summed E-state index contributed by atoms with van der Waals surface area (Å²) in [6.45, 7) is 4.99. The molecule has 0 fully saturated rings. The Hall–Kier alpha value is -1.61. The summed E-state index contributed by atoms with van der Waals surface area (Å²) in [6.07, 6.45) is 5.39. The summed E-state index contributed by atoms with van der Waals surface area (Å²) in [4.78, 5) is 0. The highest BCUT2D eigenvalue weighted by Gasteiger charge is 2.30. The van der Waals surface area contributed by atoms with E-state index in [1.54, 1.807) is 6.20 Å². The predicted molar refractivity (Wildman–Crippen MR) is 72.2 cm³/mol.